The van der Waals surface area contributed by atoms with Crippen LogP contribution in [0.25, 0.3) is 10.9 Å². The van der Waals surface area contributed by atoms with Gasteiger partial charge < -0.3 is 9.84 Å². The Morgan fingerprint density at radius 1 is 1.03 bits per heavy atom. The Hall–Kier alpha value is -1.68. The van der Waals surface area contributed by atoms with Crippen LogP contribution in [0, 0.1) is 40.4 Å². The van der Waals surface area contributed by atoms with Crippen LogP contribution in [0.2, 0.25) is 0 Å². The smallest absolute Gasteiger partial charge is 0.145 e. The molecule has 0 spiro atoms. The van der Waals surface area contributed by atoms with Crippen LogP contribution in [-0.2, 0) is 6.42 Å². The van der Waals surface area contributed by atoms with Crippen LogP contribution in [0.1, 0.15) is 90.3 Å². The summed E-state index contributed by atoms with van der Waals surface area (Å²) in [6.07, 6.45) is 17.2. The van der Waals surface area contributed by atoms with Crippen molar-refractivity contribution in [3.05, 3.63) is 30.2 Å². The molecule has 8 unspecified atom stereocenters. The number of benzene rings is 1. The van der Waals surface area contributed by atoms with Crippen molar-refractivity contribution in [2.45, 2.75) is 97.0 Å². The lowest BCUT2D eigenvalue weighted by Crippen LogP contribution is -2.57. The molecule has 1 aromatic carbocycles. The van der Waals surface area contributed by atoms with Crippen molar-refractivity contribution < 1.29 is 9.84 Å². The van der Waals surface area contributed by atoms with Gasteiger partial charge in [0.25, 0.3) is 0 Å². The Bertz CT molecular complexity index is 1070. The minimum atomic E-state index is -0.0690. The number of rotatable bonds is 5. The lowest BCUT2D eigenvalue weighted by molar-refractivity contribution is -0.162. The maximum atomic E-state index is 11.4. The molecule has 0 radical (unpaired) electrons. The largest absolute Gasteiger partial charge is 0.494 e. The third-order valence-electron chi connectivity index (χ3n) is 11.6. The molecule has 4 heteroatoms. The molecule has 8 atom stereocenters. The first-order chi connectivity index (χ1) is 16.9. The van der Waals surface area contributed by atoms with Gasteiger partial charge in [-0.1, -0.05) is 38.8 Å². The van der Waals surface area contributed by atoms with E-state index in [-0.39, 0.29) is 6.10 Å². The third-order valence-corrected chi connectivity index (χ3v) is 11.6. The summed E-state index contributed by atoms with van der Waals surface area (Å²) < 4.78 is 5.52. The Balaban J connectivity index is 1.14. The van der Waals surface area contributed by atoms with E-state index in [2.05, 4.69) is 18.8 Å². The fraction of sp³-hybridized carbons (Fsp3) is 0.742. The van der Waals surface area contributed by atoms with Gasteiger partial charge in [0.1, 0.15) is 17.1 Å². The minimum absolute atomic E-state index is 0.0690. The molecule has 6 rings (SSSR count). The zero-order valence-corrected chi connectivity index (χ0v) is 22.0. The first-order valence-corrected chi connectivity index (χ1v) is 14.4. The van der Waals surface area contributed by atoms with Crippen LogP contribution in [0.3, 0.4) is 0 Å². The second-order valence-electron chi connectivity index (χ2n) is 12.9. The van der Waals surface area contributed by atoms with Crippen molar-refractivity contribution in [1.29, 1.82) is 0 Å². The zero-order valence-electron chi connectivity index (χ0n) is 22.0. The summed E-state index contributed by atoms with van der Waals surface area (Å²) in [7, 11) is 1.71. The van der Waals surface area contributed by atoms with Gasteiger partial charge in [0, 0.05) is 18.0 Å². The van der Waals surface area contributed by atoms with Crippen LogP contribution < -0.4 is 4.74 Å². The lowest BCUT2D eigenvalue weighted by atomic mass is 9.44. The van der Waals surface area contributed by atoms with E-state index in [9.17, 15) is 5.11 Å². The van der Waals surface area contributed by atoms with Gasteiger partial charge in [-0.05, 0) is 104 Å². The predicted molar refractivity (Wildman–Crippen MR) is 140 cm³/mol. The SMILES string of the molecule is COc1cccc2cnc(CCCC3CCC4C5C(O)CC6CCCCC6(C)C5CCC34C)nc12. The topological polar surface area (TPSA) is 55.2 Å². The van der Waals surface area contributed by atoms with Crippen LogP contribution in [0.5, 0.6) is 5.75 Å². The van der Waals surface area contributed by atoms with E-state index in [0.29, 0.717) is 22.7 Å². The van der Waals surface area contributed by atoms with Crippen molar-refractivity contribution in [3.8, 4) is 5.75 Å². The summed E-state index contributed by atoms with van der Waals surface area (Å²) in [5.74, 6) is 5.28. The van der Waals surface area contributed by atoms with Gasteiger partial charge in [-0.15, -0.1) is 0 Å². The quantitative estimate of drug-likeness (QED) is 0.506. The van der Waals surface area contributed by atoms with E-state index in [1.807, 2.05) is 24.4 Å². The molecule has 1 heterocycles. The second-order valence-corrected chi connectivity index (χ2v) is 12.9. The van der Waals surface area contributed by atoms with Gasteiger partial charge in [-0.2, -0.15) is 0 Å². The van der Waals surface area contributed by atoms with Gasteiger partial charge in [-0.3, -0.25) is 0 Å². The van der Waals surface area contributed by atoms with Crippen LogP contribution in [-0.4, -0.2) is 28.3 Å². The number of methoxy groups -OCH3 is 1. The van der Waals surface area contributed by atoms with E-state index in [0.717, 1.165) is 59.5 Å². The second kappa shape index (κ2) is 9.01. The Morgan fingerprint density at radius 3 is 2.74 bits per heavy atom. The summed E-state index contributed by atoms with van der Waals surface area (Å²) in [6.45, 7) is 5.19. The number of nitrogens with zero attached hydrogens (tertiary/aromatic N) is 2. The van der Waals surface area contributed by atoms with Crippen molar-refractivity contribution in [2.75, 3.05) is 7.11 Å². The van der Waals surface area contributed by atoms with Crippen molar-refractivity contribution in [3.63, 3.8) is 0 Å². The van der Waals surface area contributed by atoms with E-state index >= 15 is 0 Å². The Kier molecular flexibility index (Phi) is 6.10. The first-order valence-electron chi connectivity index (χ1n) is 14.4. The van der Waals surface area contributed by atoms with Crippen LogP contribution >= 0.6 is 0 Å². The van der Waals surface area contributed by atoms with Gasteiger partial charge in [0.2, 0.25) is 0 Å². The minimum Gasteiger partial charge on any atom is -0.494 e. The number of hydrogen-bond donors (Lipinski definition) is 1. The summed E-state index contributed by atoms with van der Waals surface area (Å²) in [6, 6.07) is 6.02. The Labute approximate surface area is 211 Å². The number of aliphatic hydroxyl groups excluding tert-OH is 1. The number of ether oxygens (including phenoxy) is 1. The van der Waals surface area contributed by atoms with E-state index in [4.69, 9.17) is 9.72 Å². The van der Waals surface area contributed by atoms with Gasteiger partial charge in [0.15, 0.2) is 0 Å². The summed E-state index contributed by atoms with van der Waals surface area (Å²) in [5, 5.41) is 12.5. The highest BCUT2D eigenvalue weighted by atomic mass is 16.5. The summed E-state index contributed by atoms with van der Waals surface area (Å²) >= 11 is 0. The van der Waals surface area contributed by atoms with Crippen LogP contribution in [0.15, 0.2) is 24.4 Å². The number of para-hydroxylation sites is 1. The van der Waals surface area contributed by atoms with Gasteiger partial charge >= 0.3 is 0 Å². The van der Waals surface area contributed by atoms with E-state index < -0.39 is 0 Å². The van der Waals surface area contributed by atoms with Crippen molar-refractivity contribution in [1.82, 2.24) is 9.97 Å². The molecule has 4 nitrogen and oxygen atoms in total. The maximum absolute atomic E-state index is 11.4. The van der Waals surface area contributed by atoms with Crippen molar-refractivity contribution >= 4 is 10.9 Å². The van der Waals surface area contributed by atoms with E-state index in [1.165, 1.54) is 57.8 Å². The molecule has 4 fully saturated rings. The number of aryl methyl sites for hydroxylation is 1. The molecule has 35 heavy (non-hydrogen) atoms. The zero-order chi connectivity index (χ0) is 24.2. The van der Waals surface area contributed by atoms with Gasteiger partial charge in [0.05, 0.1) is 13.2 Å². The highest BCUT2D eigenvalue weighted by Gasteiger charge is 2.61. The van der Waals surface area contributed by atoms with Gasteiger partial charge in [-0.25, -0.2) is 9.97 Å². The number of fused-ring (bicyclic) bond motifs is 6. The molecule has 0 saturated heterocycles. The highest BCUT2D eigenvalue weighted by molar-refractivity contribution is 5.83. The molecule has 1 N–H and O–H groups in total. The molecular formula is C31H44N2O2. The monoisotopic (exact) mass is 476 g/mol. The molecule has 190 valence electrons. The molecule has 4 aliphatic carbocycles. The van der Waals surface area contributed by atoms with E-state index in [1.54, 1.807) is 7.11 Å². The van der Waals surface area contributed by atoms with Crippen molar-refractivity contribution in [2.24, 2.45) is 40.4 Å². The third kappa shape index (κ3) is 3.81. The Morgan fingerprint density at radius 2 is 1.89 bits per heavy atom. The molecule has 4 saturated carbocycles. The molecule has 2 aromatic rings. The predicted octanol–water partition coefficient (Wildman–Crippen LogP) is 6.98. The average molecular weight is 477 g/mol. The maximum Gasteiger partial charge on any atom is 0.145 e. The number of aliphatic hydroxyl groups is 1. The standard InChI is InChI=1S/C31H44N2O2/c1-30-16-5-4-9-22(30)18-25(34)28-23-14-13-21(31(23,2)17-15-24(28)30)10-7-12-27-32-19-20-8-6-11-26(35-3)29(20)33-27/h6,8,11,19,21-25,28,34H,4-5,7,9-10,12-18H2,1-3H3. The first kappa shape index (κ1) is 23.7. The normalized spacial score (nSPS) is 40.7. The molecular weight excluding hydrogens is 432 g/mol. The molecule has 1 aromatic heterocycles. The molecule has 0 bridgehead atoms. The fourth-order valence-electron chi connectivity index (χ4n) is 9.69. The summed E-state index contributed by atoms with van der Waals surface area (Å²) in [4.78, 5) is 9.50. The molecule has 0 aliphatic heterocycles. The average Bonchev–Trinajstić information content (AvgIpc) is 3.20. The summed E-state index contributed by atoms with van der Waals surface area (Å²) in [5.41, 5.74) is 1.80. The fourth-order valence-corrected chi connectivity index (χ4v) is 9.69. The number of aromatic nitrogens is 2. The lowest BCUT2D eigenvalue weighted by Gasteiger charge is -2.62. The molecule has 4 aliphatic rings. The molecule has 0 amide bonds. The highest BCUT2D eigenvalue weighted by Crippen LogP contribution is 2.67. The number of hydrogen-bond acceptors (Lipinski definition) is 4. The van der Waals surface area contributed by atoms with Crippen LogP contribution in [0.4, 0.5) is 0 Å².